The van der Waals surface area contributed by atoms with Gasteiger partial charge in [0.15, 0.2) is 0 Å². The normalized spacial score (nSPS) is 16.9. The molecule has 1 aliphatic heterocycles. The third kappa shape index (κ3) is 8.11. The molecule has 1 aromatic heterocycles. The van der Waals surface area contributed by atoms with E-state index in [9.17, 15) is 13.2 Å². The molecule has 1 atom stereocenters. The van der Waals surface area contributed by atoms with E-state index in [2.05, 4.69) is 32.4 Å². The minimum atomic E-state index is -3.36. The number of fused-ring (bicyclic) bond motifs is 5. The van der Waals surface area contributed by atoms with Crippen molar-refractivity contribution in [2.75, 3.05) is 46.2 Å². The van der Waals surface area contributed by atoms with Gasteiger partial charge in [0.2, 0.25) is 10.0 Å². The zero-order chi connectivity index (χ0) is 33.5. The molecule has 2 aliphatic rings. The molecule has 0 bridgehead atoms. The maximum atomic E-state index is 12.6. The standard InChI is InChI=1S/C38H47N3O6S/c1-40(20-11-23-48(43,44)39-25-28-12-5-3-6-13-28)21-22-46-31-26-41-34-24-30(38(42)45-2)18-19-32(34)36(29-14-7-4-8-15-29)37(41)33-16-9-10-17-35(33)47-27-31/h3,5-6,9-10,12-13,16-19,24,29,31,39H,4,7-8,11,14-15,20-23,25-27H2,1-2H3/t31-/m0/s1. The first kappa shape index (κ1) is 34.2. The molecule has 3 aromatic carbocycles. The number of sulfonamides is 1. The second-order valence-electron chi connectivity index (χ2n) is 13.0. The topological polar surface area (TPSA) is 99.1 Å². The number of esters is 1. The van der Waals surface area contributed by atoms with Crippen LogP contribution in [0.5, 0.6) is 5.75 Å². The number of nitrogens with one attached hydrogen (secondary N) is 1. The molecule has 256 valence electrons. The van der Waals surface area contributed by atoms with E-state index >= 15 is 0 Å². The van der Waals surface area contributed by atoms with Crippen LogP contribution in [0.2, 0.25) is 0 Å². The summed E-state index contributed by atoms with van der Waals surface area (Å²) in [4.78, 5) is 14.7. The minimum absolute atomic E-state index is 0.0707. The third-order valence-electron chi connectivity index (χ3n) is 9.61. The van der Waals surface area contributed by atoms with Crippen LogP contribution in [0.25, 0.3) is 22.2 Å². The summed E-state index contributed by atoms with van der Waals surface area (Å²) in [5.41, 5.74) is 6.04. The molecular formula is C38H47N3O6S. The second kappa shape index (κ2) is 15.7. The number of carbonyl (C=O) groups excluding carboxylic acids is 1. The lowest BCUT2D eigenvalue weighted by molar-refractivity contribution is 0.00238. The van der Waals surface area contributed by atoms with Gasteiger partial charge in [0, 0.05) is 29.6 Å². The van der Waals surface area contributed by atoms with Crippen LogP contribution < -0.4 is 9.46 Å². The first-order chi connectivity index (χ1) is 23.3. The lowest BCUT2D eigenvalue weighted by atomic mass is 9.81. The lowest BCUT2D eigenvalue weighted by Gasteiger charge is -2.28. The number of para-hydroxylation sites is 1. The van der Waals surface area contributed by atoms with Crippen molar-refractivity contribution in [3.8, 4) is 17.0 Å². The van der Waals surface area contributed by atoms with Crippen molar-refractivity contribution < 1.29 is 27.4 Å². The number of hydrogen-bond acceptors (Lipinski definition) is 7. The number of likely N-dealkylation sites (N-methyl/N-ethyl adjacent to an activating group) is 1. The van der Waals surface area contributed by atoms with Crippen molar-refractivity contribution in [1.82, 2.24) is 14.2 Å². The third-order valence-corrected chi connectivity index (χ3v) is 11.0. The van der Waals surface area contributed by atoms with E-state index in [1.54, 1.807) is 0 Å². The van der Waals surface area contributed by atoms with Crippen molar-refractivity contribution in [2.24, 2.45) is 0 Å². The van der Waals surface area contributed by atoms with Gasteiger partial charge in [0.1, 0.15) is 18.5 Å². The number of benzene rings is 3. The van der Waals surface area contributed by atoms with E-state index in [4.69, 9.17) is 14.2 Å². The zero-order valence-corrected chi connectivity index (χ0v) is 28.8. The Labute approximate surface area is 284 Å². The first-order valence-electron chi connectivity index (χ1n) is 17.1. The molecule has 1 saturated carbocycles. The summed E-state index contributed by atoms with van der Waals surface area (Å²) < 4.78 is 48.1. The molecule has 0 radical (unpaired) electrons. The zero-order valence-electron chi connectivity index (χ0n) is 28.0. The number of ether oxygens (including phenoxy) is 3. The van der Waals surface area contributed by atoms with Crippen molar-refractivity contribution >= 4 is 26.9 Å². The van der Waals surface area contributed by atoms with E-state index < -0.39 is 10.0 Å². The maximum absolute atomic E-state index is 12.6. The molecule has 48 heavy (non-hydrogen) atoms. The van der Waals surface area contributed by atoms with Gasteiger partial charge in [-0.3, -0.25) is 0 Å². The largest absolute Gasteiger partial charge is 0.490 e. The smallest absolute Gasteiger partial charge is 0.337 e. The Morgan fingerprint density at radius 2 is 1.77 bits per heavy atom. The summed E-state index contributed by atoms with van der Waals surface area (Å²) in [6, 6.07) is 23.7. The Bertz CT molecular complexity index is 1800. The van der Waals surface area contributed by atoms with Gasteiger partial charge in [-0.1, -0.05) is 67.8 Å². The summed E-state index contributed by atoms with van der Waals surface area (Å²) in [5.74, 6) is 0.983. The highest BCUT2D eigenvalue weighted by Gasteiger charge is 2.31. The second-order valence-corrected chi connectivity index (χ2v) is 14.9. The van der Waals surface area contributed by atoms with Crippen molar-refractivity contribution in [2.45, 2.75) is 63.6 Å². The summed E-state index contributed by atoms with van der Waals surface area (Å²) in [6.07, 6.45) is 6.27. The van der Waals surface area contributed by atoms with Gasteiger partial charge in [-0.05, 0) is 74.2 Å². The molecule has 6 rings (SSSR count). The highest BCUT2D eigenvalue weighted by molar-refractivity contribution is 7.89. The molecule has 1 fully saturated rings. The molecule has 9 nitrogen and oxygen atoms in total. The van der Waals surface area contributed by atoms with Gasteiger partial charge in [0.05, 0.1) is 37.3 Å². The predicted molar refractivity (Wildman–Crippen MR) is 189 cm³/mol. The average Bonchev–Trinajstić information content (AvgIpc) is 3.41. The Morgan fingerprint density at radius 1 is 1.00 bits per heavy atom. The van der Waals surface area contributed by atoms with Crippen LogP contribution in [0.1, 0.15) is 65.9 Å². The number of hydrogen-bond donors (Lipinski definition) is 1. The molecule has 1 aliphatic carbocycles. The quantitative estimate of drug-likeness (QED) is 0.165. The number of nitrogens with zero attached hydrogens (tertiary/aromatic N) is 2. The van der Waals surface area contributed by atoms with Crippen LogP contribution in [-0.2, 0) is 32.6 Å². The number of carbonyl (C=O) groups is 1. The fourth-order valence-electron chi connectivity index (χ4n) is 7.11. The van der Waals surface area contributed by atoms with Crippen LogP contribution in [-0.4, -0.2) is 76.2 Å². The van der Waals surface area contributed by atoms with Gasteiger partial charge in [-0.25, -0.2) is 17.9 Å². The SMILES string of the molecule is COC(=O)c1ccc2c(C3CCCCC3)c3n(c2c1)C[C@H](OCCN(C)CCCS(=O)(=O)NCc1ccccc1)COc1ccccc1-3. The first-order valence-corrected chi connectivity index (χ1v) is 18.8. The monoisotopic (exact) mass is 673 g/mol. The molecular weight excluding hydrogens is 627 g/mol. The predicted octanol–water partition coefficient (Wildman–Crippen LogP) is 6.36. The number of methoxy groups -OCH3 is 1. The van der Waals surface area contributed by atoms with Gasteiger partial charge in [-0.2, -0.15) is 0 Å². The van der Waals surface area contributed by atoms with Crippen molar-refractivity contribution in [3.63, 3.8) is 0 Å². The van der Waals surface area contributed by atoms with E-state index in [1.165, 1.54) is 37.3 Å². The van der Waals surface area contributed by atoms with Crippen LogP contribution in [0, 0.1) is 0 Å². The van der Waals surface area contributed by atoms with Gasteiger partial charge >= 0.3 is 5.97 Å². The fraction of sp³-hybridized carbons (Fsp3) is 0.447. The molecule has 2 heterocycles. The van der Waals surface area contributed by atoms with Crippen molar-refractivity contribution in [1.29, 1.82) is 0 Å². The molecule has 0 spiro atoms. The van der Waals surface area contributed by atoms with Crippen LogP contribution in [0.4, 0.5) is 0 Å². The number of aromatic nitrogens is 1. The summed E-state index contributed by atoms with van der Waals surface area (Å²) >= 11 is 0. The van der Waals surface area contributed by atoms with E-state index in [-0.39, 0.29) is 17.8 Å². The maximum Gasteiger partial charge on any atom is 0.337 e. The van der Waals surface area contributed by atoms with Gasteiger partial charge in [0.25, 0.3) is 0 Å². The molecule has 0 unspecified atom stereocenters. The Hall–Kier alpha value is -3.70. The molecule has 4 aromatic rings. The summed E-state index contributed by atoms with van der Waals surface area (Å²) in [7, 11) is 0.0383. The van der Waals surface area contributed by atoms with Crippen LogP contribution >= 0.6 is 0 Å². The lowest BCUT2D eigenvalue weighted by Crippen LogP contribution is -2.33. The van der Waals surface area contributed by atoms with E-state index in [1.807, 2.05) is 61.6 Å². The van der Waals surface area contributed by atoms with Gasteiger partial charge < -0.3 is 23.7 Å². The molecule has 0 amide bonds. The molecule has 0 saturated heterocycles. The highest BCUT2D eigenvalue weighted by atomic mass is 32.2. The van der Waals surface area contributed by atoms with Gasteiger partial charge in [-0.15, -0.1) is 0 Å². The molecule has 1 N–H and O–H groups in total. The van der Waals surface area contributed by atoms with Crippen LogP contribution in [0.15, 0.2) is 72.8 Å². The summed E-state index contributed by atoms with van der Waals surface area (Å²) in [6.45, 7) is 3.03. The average molecular weight is 674 g/mol. The number of rotatable bonds is 13. The van der Waals surface area contributed by atoms with E-state index in [0.717, 1.165) is 40.9 Å². The Balaban J connectivity index is 1.16. The fourth-order valence-corrected chi connectivity index (χ4v) is 8.15. The Morgan fingerprint density at radius 3 is 2.56 bits per heavy atom. The molecule has 10 heteroatoms. The van der Waals surface area contributed by atoms with Crippen LogP contribution in [0.3, 0.4) is 0 Å². The Kier molecular flexibility index (Phi) is 11.2. The minimum Gasteiger partial charge on any atom is -0.490 e. The summed E-state index contributed by atoms with van der Waals surface area (Å²) in [5, 5.41) is 1.17. The van der Waals surface area contributed by atoms with E-state index in [0.29, 0.717) is 57.3 Å². The highest BCUT2D eigenvalue weighted by Crippen LogP contribution is 2.47. The van der Waals surface area contributed by atoms with Crippen molar-refractivity contribution in [3.05, 3.63) is 89.5 Å².